The Morgan fingerprint density at radius 2 is 1.89 bits per heavy atom. The van der Waals surface area contributed by atoms with Crippen LogP contribution in [0.2, 0.25) is 0 Å². The number of hydrogen-bond donors (Lipinski definition) is 1. The molecule has 1 aromatic carbocycles. The molecule has 1 aliphatic carbocycles. The summed E-state index contributed by atoms with van der Waals surface area (Å²) < 4.78 is 31.8. The van der Waals surface area contributed by atoms with Crippen LogP contribution in [0.25, 0.3) is 0 Å². The summed E-state index contributed by atoms with van der Waals surface area (Å²) >= 11 is 0. The van der Waals surface area contributed by atoms with E-state index in [0.717, 1.165) is 59.7 Å². The van der Waals surface area contributed by atoms with Crippen LogP contribution in [0.1, 0.15) is 55.5 Å². The number of ketones is 1. The van der Waals surface area contributed by atoms with Crippen molar-refractivity contribution >= 4 is 44.3 Å². The molecule has 1 saturated heterocycles. The molecule has 2 aromatic rings. The summed E-state index contributed by atoms with van der Waals surface area (Å²) in [6, 6.07) is 7.85. The molecule has 2 fully saturated rings. The zero-order valence-electron chi connectivity index (χ0n) is 20.5. The fourth-order valence-corrected chi connectivity index (χ4v) is 5.32. The number of ether oxygens (including phenoxy) is 1. The second-order valence-corrected chi connectivity index (χ2v) is 11.9. The lowest BCUT2D eigenvalue weighted by Gasteiger charge is -2.26. The molecule has 3 heterocycles. The molecule has 1 aromatic heterocycles. The van der Waals surface area contributed by atoms with Gasteiger partial charge < -0.3 is 10.1 Å². The molecular weight excluding hydrogens is 464 g/mol. The SMILES string of the molecule is CC1=Nc2c(Nc3ccc(C4CCOCC4)cc3N(C)S(C)(=O)=O)cc(CC(=O)C3CC3)nc2C1. The lowest BCUT2D eigenvalue weighted by Crippen LogP contribution is -2.26. The number of nitrogens with one attached hydrogen (secondary N) is 1. The van der Waals surface area contributed by atoms with Crippen molar-refractivity contribution in [2.75, 3.05) is 36.1 Å². The Labute approximate surface area is 206 Å². The Morgan fingerprint density at radius 1 is 1.14 bits per heavy atom. The highest BCUT2D eigenvalue weighted by molar-refractivity contribution is 7.92. The minimum atomic E-state index is -3.48. The van der Waals surface area contributed by atoms with Gasteiger partial charge in [0.2, 0.25) is 10.0 Å². The number of aromatic nitrogens is 1. The van der Waals surface area contributed by atoms with Gasteiger partial charge in [0.25, 0.3) is 0 Å². The van der Waals surface area contributed by atoms with E-state index in [1.54, 1.807) is 7.05 Å². The Morgan fingerprint density at radius 3 is 2.57 bits per heavy atom. The normalized spacial score (nSPS) is 18.2. The van der Waals surface area contributed by atoms with Crippen LogP contribution in [0.3, 0.4) is 0 Å². The summed E-state index contributed by atoms with van der Waals surface area (Å²) in [5.74, 6) is 0.742. The van der Waals surface area contributed by atoms with Crippen LogP contribution in [0, 0.1) is 5.92 Å². The van der Waals surface area contributed by atoms with Crippen LogP contribution >= 0.6 is 0 Å². The minimum absolute atomic E-state index is 0.173. The van der Waals surface area contributed by atoms with E-state index in [4.69, 9.17) is 14.7 Å². The molecular formula is C26H32N4O4S. The summed E-state index contributed by atoms with van der Waals surface area (Å²) in [6.45, 7) is 3.39. The van der Waals surface area contributed by atoms with Gasteiger partial charge in [-0.25, -0.2) is 8.42 Å². The molecule has 3 aliphatic rings. The Hall–Kier alpha value is -2.78. The van der Waals surface area contributed by atoms with Crippen LogP contribution in [0.5, 0.6) is 0 Å². The maximum Gasteiger partial charge on any atom is 0.232 e. The maximum atomic E-state index is 12.5. The third-order valence-corrected chi connectivity index (χ3v) is 8.24. The minimum Gasteiger partial charge on any atom is -0.381 e. The summed E-state index contributed by atoms with van der Waals surface area (Å²) in [5.41, 5.74) is 6.39. The number of fused-ring (bicyclic) bond motifs is 1. The molecule has 0 radical (unpaired) electrons. The molecule has 9 heteroatoms. The lowest BCUT2D eigenvalue weighted by atomic mass is 9.91. The summed E-state index contributed by atoms with van der Waals surface area (Å²) in [4.78, 5) is 21.9. The van der Waals surface area contributed by atoms with Gasteiger partial charge in [0.1, 0.15) is 11.5 Å². The van der Waals surface area contributed by atoms with E-state index in [1.807, 2.05) is 25.1 Å². The van der Waals surface area contributed by atoms with Crippen LogP contribution in [-0.4, -0.2) is 51.4 Å². The smallest absolute Gasteiger partial charge is 0.232 e. The Kier molecular flexibility index (Phi) is 6.40. The third-order valence-electron chi connectivity index (χ3n) is 7.05. The van der Waals surface area contributed by atoms with Gasteiger partial charge in [-0.1, -0.05) is 6.07 Å². The summed E-state index contributed by atoms with van der Waals surface area (Å²) in [7, 11) is -1.91. The van der Waals surface area contributed by atoms with Crippen LogP contribution < -0.4 is 9.62 Å². The molecule has 0 unspecified atom stereocenters. The van der Waals surface area contributed by atoms with Gasteiger partial charge in [0, 0.05) is 44.7 Å². The maximum absolute atomic E-state index is 12.5. The fraction of sp³-hybridized carbons (Fsp3) is 0.500. The van der Waals surface area contributed by atoms with Crippen LogP contribution in [0.4, 0.5) is 22.7 Å². The fourth-order valence-electron chi connectivity index (χ4n) is 4.81. The highest BCUT2D eigenvalue weighted by Gasteiger charge is 2.30. The van der Waals surface area contributed by atoms with Gasteiger partial charge in [0.15, 0.2) is 0 Å². The number of sulfonamides is 1. The first-order valence-corrected chi connectivity index (χ1v) is 14.1. The number of pyridine rings is 1. The standard InChI is InChI=1S/C26H32N4O4S/c1-16-12-22-26(27-16)23(14-20(28-22)15-25(31)18-4-5-18)29-21-7-6-19(17-8-10-34-11-9-17)13-24(21)30(2)35(3,32)33/h6-7,13-14,17-18H,4-5,8-12,15H2,1-3H3,(H,28,29). The molecule has 2 aliphatic heterocycles. The number of anilines is 3. The van der Waals surface area contributed by atoms with Gasteiger partial charge in [-0.15, -0.1) is 0 Å². The van der Waals surface area contributed by atoms with Gasteiger partial charge in [-0.2, -0.15) is 0 Å². The van der Waals surface area contributed by atoms with Crippen molar-refractivity contribution in [1.82, 2.24) is 4.98 Å². The molecule has 8 nitrogen and oxygen atoms in total. The van der Waals surface area contributed by atoms with Gasteiger partial charge >= 0.3 is 0 Å². The quantitative estimate of drug-likeness (QED) is 0.585. The van der Waals surface area contributed by atoms with Crippen molar-refractivity contribution in [3.63, 3.8) is 0 Å². The number of benzene rings is 1. The zero-order valence-corrected chi connectivity index (χ0v) is 21.3. The Balaban J connectivity index is 1.53. The topological polar surface area (TPSA) is 101 Å². The van der Waals surface area contributed by atoms with E-state index >= 15 is 0 Å². The number of rotatable bonds is 8. The average Bonchev–Trinajstić information content (AvgIpc) is 3.60. The van der Waals surface area contributed by atoms with E-state index in [9.17, 15) is 13.2 Å². The number of carbonyl (C=O) groups is 1. The second kappa shape index (κ2) is 9.35. The monoisotopic (exact) mass is 496 g/mol. The molecule has 0 amide bonds. The molecule has 0 spiro atoms. The van der Waals surface area contributed by atoms with E-state index < -0.39 is 10.0 Å². The van der Waals surface area contributed by atoms with Crippen LogP contribution in [0.15, 0.2) is 29.3 Å². The van der Waals surface area contributed by atoms with Gasteiger partial charge in [-0.3, -0.25) is 19.1 Å². The number of Topliss-reactive ketones (excluding diaryl/α,β-unsaturated/α-hetero) is 1. The van der Waals surface area contributed by atoms with Crippen molar-refractivity contribution < 1.29 is 17.9 Å². The average molecular weight is 497 g/mol. The number of nitrogens with zero attached hydrogens (tertiary/aromatic N) is 3. The van der Waals surface area contributed by atoms with Gasteiger partial charge in [-0.05, 0) is 62.3 Å². The predicted molar refractivity (Wildman–Crippen MR) is 138 cm³/mol. The lowest BCUT2D eigenvalue weighted by molar-refractivity contribution is -0.119. The number of carbonyl (C=O) groups excluding carboxylic acids is 1. The van der Waals surface area contributed by atoms with E-state index in [2.05, 4.69) is 11.4 Å². The van der Waals surface area contributed by atoms with E-state index in [0.29, 0.717) is 43.3 Å². The highest BCUT2D eigenvalue weighted by atomic mass is 32.2. The first kappa shape index (κ1) is 23.9. The van der Waals surface area contributed by atoms with Crippen molar-refractivity contribution in [2.45, 2.75) is 51.4 Å². The number of hydrogen-bond acceptors (Lipinski definition) is 7. The van der Waals surface area contributed by atoms with Crippen LogP contribution in [-0.2, 0) is 32.4 Å². The molecule has 35 heavy (non-hydrogen) atoms. The van der Waals surface area contributed by atoms with Crippen molar-refractivity contribution in [2.24, 2.45) is 10.9 Å². The van der Waals surface area contributed by atoms with Crippen molar-refractivity contribution in [3.8, 4) is 0 Å². The van der Waals surface area contributed by atoms with Crippen molar-refractivity contribution in [3.05, 3.63) is 41.2 Å². The van der Waals surface area contributed by atoms with Gasteiger partial charge in [0.05, 0.1) is 34.7 Å². The molecule has 0 bridgehead atoms. The molecule has 0 atom stereocenters. The molecule has 1 saturated carbocycles. The summed E-state index contributed by atoms with van der Waals surface area (Å²) in [6.07, 6.45) is 5.93. The Bertz CT molecular complexity index is 1290. The first-order valence-electron chi connectivity index (χ1n) is 12.2. The largest absolute Gasteiger partial charge is 0.381 e. The summed E-state index contributed by atoms with van der Waals surface area (Å²) in [5, 5.41) is 3.45. The molecule has 5 rings (SSSR count). The first-order chi connectivity index (χ1) is 16.7. The van der Waals surface area contributed by atoms with E-state index in [-0.39, 0.29) is 11.7 Å². The van der Waals surface area contributed by atoms with Crippen molar-refractivity contribution in [1.29, 1.82) is 0 Å². The molecule has 186 valence electrons. The third kappa shape index (κ3) is 5.26. The van der Waals surface area contributed by atoms with E-state index in [1.165, 1.54) is 10.6 Å². The second-order valence-electron chi connectivity index (χ2n) is 9.92. The predicted octanol–water partition coefficient (Wildman–Crippen LogP) is 4.29. The highest BCUT2D eigenvalue weighted by Crippen LogP contribution is 2.41. The zero-order chi connectivity index (χ0) is 24.7. The molecule has 1 N–H and O–H groups in total. The number of aliphatic imine (C=N–C) groups is 1.